The van der Waals surface area contributed by atoms with E-state index in [9.17, 15) is 8.42 Å². The molecule has 0 aromatic heterocycles. The average molecular weight is 237 g/mol. The van der Waals surface area contributed by atoms with Crippen LogP contribution in [-0.2, 0) is 19.4 Å². The van der Waals surface area contributed by atoms with Crippen LogP contribution >= 0.6 is 0 Å². The molecule has 0 N–H and O–H groups in total. The Kier molecular flexibility index (Phi) is 4.98. The van der Waals surface area contributed by atoms with E-state index < -0.39 is 9.84 Å². The topological polar surface area (TPSA) is 55.8 Å². The van der Waals surface area contributed by atoms with E-state index in [1.807, 2.05) is 0 Å². The lowest BCUT2D eigenvalue weighted by atomic mass is 10.5. The molecule has 15 heavy (non-hydrogen) atoms. The lowest BCUT2D eigenvalue weighted by molar-refractivity contribution is -0.189. The van der Waals surface area contributed by atoms with Crippen molar-refractivity contribution in [1.29, 1.82) is 0 Å². The number of sulfone groups is 1. The van der Waals surface area contributed by atoms with Crippen LogP contribution in [0.4, 0.5) is 0 Å². The van der Waals surface area contributed by atoms with Gasteiger partial charge in [-0.15, -0.1) is 0 Å². The second-order valence-corrected chi connectivity index (χ2v) is 6.47. The molecular weight excluding hydrogens is 218 g/mol. The highest BCUT2D eigenvalue weighted by Gasteiger charge is 2.17. The normalized spacial score (nSPS) is 19.7. The van der Waals surface area contributed by atoms with Crippen LogP contribution in [0.15, 0.2) is 0 Å². The summed E-state index contributed by atoms with van der Waals surface area (Å²) in [4.78, 5) is 5.34. The van der Waals surface area contributed by atoms with E-state index in [2.05, 4.69) is 0 Å². The molecule has 6 heteroatoms. The van der Waals surface area contributed by atoms with Gasteiger partial charge in [-0.1, -0.05) is 0 Å². The minimum Gasteiger partial charge on any atom is -0.379 e. The van der Waals surface area contributed by atoms with Crippen molar-refractivity contribution < 1.29 is 18.0 Å². The monoisotopic (exact) mass is 237 g/mol. The maximum absolute atomic E-state index is 11.4. The van der Waals surface area contributed by atoms with Gasteiger partial charge in [0.2, 0.25) is 0 Å². The van der Waals surface area contributed by atoms with Crippen molar-refractivity contribution in [3.63, 3.8) is 0 Å². The Labute approximate surface area is 91.2 Å². The van der Waals surface area contributed by atoms with Gasteiger partial charge in [-0.2, -0.15) is 5.06 Å². The van der Waals surface area contributed by atoms with Gasteiger partial charge in [-0.25, -0.2) is 8.42 Å². The lowest BCUT2D eigenvalue weighted by Gasteiger charge is -2.25. The first-order valence-electron chi connectivity index (χ1n) is 5.19. The van der Waals surface area contributed by atoms with Crippen LogP contribution in [0.3, 0.4) is 0 Å². The molecule has 0 amide bonds. The van der Waals surface area contributed by atoms with Crippen LogP contribution in [0.2, 0.25) is 0 Å². The van der Waals surface area contributed by atoms with Crippen LogP contribution in [0, 0.1) is 0 Å². The Morgan fingerprint density at radius 1 is 1.33 bits per heavy atom. The van der Waals surface area contributed by atoms with Gasteiger partial charge in [0.25, 0.3) is 0 Å². The SMILES string of the molecule is CC(C)S(=O)(=O)CCON1CCOCC1. The van der Waals surface area contributed by atoms with Crippen molar-refractivity contribution in [2.75, 3.05) is 38.7 Å². The smallest absolute Gasteiger partial charge is 0.154 e. The van der Waals surface area contributed by atoms with Crippen molar-refractivity contribution in [2.24, 2.45) is 0 Å². The molecule has 90 valence electrons. The van der Waals surface area contributed by atoms with E-state index in [-0.39, 0.29) is 17.6 Å². The third kappa shape index (κ3) is 4.46. The van der Waals surface area contributed by atoms with Crippen molar-refractivity contribution in [3.05, 3.63) is 0 Å². The lowest BCUT2D eigenvalue weighted by Crippen LogP contribution is -2.37. The summed E-state index contributed by atoms with van der Waals surface area (Å²) in [5, 5.41) is 1.44. The molecule has 0 radical (unpaired) electrons. The third-order valence-electron chi connectivity index (χ3n) is 2.33. The Morgan fingerprint density at radius 2 is 1.93 bits per heavy atom. The molecule has 0 aliphatic carbocycles. The molecule has 0 unspecified atom stereocenters. The summed E-state index contributed by atoms with van der Waals surface area (Å²) in [6.45, 7) is 6.33. The van der Waals surface area contributed by atoms with Crippen LogP contribution in [-0.4, -0.2) is 57.4 Å². The number of hydrogen-bond acceptors (Lipinski definition) is 5. The molecule has 0 aromatic carbocycles. The fourth-order valence-corrected chi connectivity index (χ4v) is 1.97. The Balaban J connectivity index is 2.20. The molecule has 0 saturated carbocycles. The standard InChI is InChI=1S/C9H19NO4S/c1-9(2)15(11,12)8-7-14-10-3-5-13-6-4-10/h9H,3-8H2,1-2H3. The van der Waals surface area contributed by atoms with Crippen molar-refractivity contribution in [3.8, 4) is 0 Å². The Morgan fingerprint density at radius 3 is 2.47 bits per heavy atom. The summed E-state index contributed by atoms with van der Waals surface area (Å²) < 4.78 is 28.0. The summed E-state index contributed by atoms with van der Waals surface area (Å²) in [6, 6.07) is 0. The molecule has 1 aliphatic rings. The highest BCUT2D eigenvalue weighted by atomic mass is 32.2. The molecule has 1 heterocycles. The summed E-state index contributed by atoms with van der Waals surface area (Å²) in [6.07, 6.45) is 0. The molecule has 5 nitrogen and oxygen atoms in total. The molecule has 1 aliphatic heterocycles. The fraction of sp³-hybridized carbons (Fsp3) is 1.00. The molecule has 0 spiro atoms. The van der Waals surface area contributed by atoms with Gasteiger partial charge in [0.05, 0.1) is 30.8 Å². The van der Waals surface area contributed by atoms with E-state index >= 15 is 0 Å². The largest absolute Gasteiger partial charge is 0.379 e. The molecule has 1 rings (SSSR count). The molecule has 0 atom stereocenters. The number of hydrogen-bond donors (Lipinski definition) is 0. The van der Waals surface area contributed by atoms with Gasteiger partial charge >= 0.3 is 0 Å². The first-order chi connectivity index (χ1) is 7.02. The van der Waals surface area contributed by atoms with Crippen LogP contribution in [0.5, 0.6) is 0 Å². The summed E-state index contributed by atoms with van der Waals surface area (Å²) in [5.74, 6) is 0.0853. The van der Waals surface area contributed by atoms with Crippen molar-refractivity contribution >= 4 is 9.84 Å². The quantitative estimate of drug-likeness (QED) is 0.677. The number of ether oxygens (including phenoxy) is 1. The zero-order chi connectivity index (χ0) is 11.3. The van der Waals surface area contributed by atoms with E-state index in [1.165, 1.54) is 0 Å². The average Bonchev–Trinajstić information content (AvgIpc) is 2.19. The van der Waals surface area contributed by atoms with Gasteiger partial charge < -0.3 is 4.74 Å². The maximum atomic E-state index is 11.4. The van der Waals surface area contributed by atoms with E-state index in [1.54, 1.807) is 18.9 Å². The summed E-state index contributed by atoms with van der Waals surface area (Å²) in [5.41, 5.74) is 0. The predicted octanol–water partition coefficient (Wildman–Crippen LogP) is 0.0734. The highest BCUT2D eigenvalue weighted by molar-refractivity contribution is 7.91. The predicted molar refractivity (Wildman–Crippen MR) is 57.3 cm³/mol. The molecule has 0 bridgehead atoms. The molecule has 1 fully saturated rings. The van der Waals surface area contributed by atoms with Crippen molar-refractivity contribution in [2.45, 2.75) is 19.1 Å². The number of hydroxylamine groups is 2. The third-order valence-corrected chi connectivity index (χ3v) is 4.50. The first-order valence-corrected chi connectivity index (χ1v) is 6.91. The fourth-order valence-electron chi connectivity index (χ4n) is 1.19. The highest BCUT2D eigenvalue weighted by Crippen LogP contribution is 2.02. The maximum Gasteiger partial charge on any atom is 0.154 e. The van der Waals surface area contributed by atoms with Gasteiger partial charge in [-0.05, 0) is 13.8 Å². The minimum atomic E-state index is -2.98. The Hall–Kier alpha value is -0.170. The Bertz CT molecular complexity index is 270. The minimum absolute atomic E-state index is 0.0853. The molecule has 1 saturated heterocycles. The molecular formula is C9H19NO4S. The van der Waals surface area contributed by atoms with Gasteiger partial charge in [-0.3, -0.25) is 4.84 Å². The van der Waals surface area contributed by atoms with E-state index in [0.29, 0.717) is 26.3 Å². The van der Waals surface area contributed by atoms with Gasteiger partial charge in [0.1, 0.15) is 0 Å². The molecule has 0 aromatic rings. The van der Waals surface area contributed by atoms with Crippen LogP contribution in [0.1, 0.15) is 13.8 Å². The number of rotatable bonds is 5. The zero-order valence-electron chi connectivity index (χ0n) is 9.31. The summed E-state index contributed by atoms with van der Waals surface area (Å²) >= 11 is 0. The van der Waals surface area contributed by atoms with Gasteiger partial charge in [0, 0.05) is 13.1 Å². The van der Waals surface area contributed by atoms with Gasteiger partial charge in [0.15, 0.2) is 9.84 Å². The zero-order valence-corrected chi connectivity index (χ0v) is 10.1. The van der Waals surface area contributed by atoms with Crippen LogP contribution < -0.4 is 0 Å². The van der Waals surface area contributed by atoms with E-state index in [0.717, 1.165) is 0 Å². The first kappa shape index (κ1) is 12.9. The second kappa shape index (κ2) is 5.79. The van der Waals surface area contributed by atoms with Crippen LogP contribution in [0.25, 0.3) is 0 Å². The van der Waals surface area contributed by atoms with E-state index in [4.69, 9.17) is 9.57 Å². The number of nitrogens with zero attached hydrogens (tertiary/aromatic N) is 1. The number of morpholine rings is 1. The summed E-state index contributed by atoms with van der Waals surface area (Å²) in [7, 11) is -2.98. The van der Waals surface area contributed by atoms with Crippen molar-refractivity contribution in [1.82, 2.24) is 5.06 Å². The second-order valence-electron chi connectivity index (χ2n) is 3.79.